The van der Waals surface area contributed by atoms with Crippen molar-refractivity contribution < 1.29 is 14.3 Å². The quantitative estimate of drug-likeness (QED) is 0.808. The molecule has 94 valence electrons. The zero-order valence-corrected chi connectivity index (χ0v) is 10.8. The van der Waals surface area contributed by atoms with Crippen molar-refractivity contribution in [2.75, 3.05) is 13.7 Å². The molecule has 1 aliphatic carbocycles. The predicted octanol–water partition coefficient (Wildman–Crippen LogP) is 2.47. The lowest BCUT2D eigenvalue weighted by molar-refractivity contribution is -0.00787. The summed E-state index contributed by atoms with van der Waals surface area (Å²) in [5.41, 5.74) is -0.614. The fourth-order valence-electron chi connectivity index (χ4n) is 2.02. The van der Waals surface area contributed by atoms with E-state index in [1.165, 1.54) is 12.8 Å². The molecule has 1 rings (SSSR count). The molecule has 0 aliphatic heterocycles. The Morgan fingerprint density at radius 3 is 2.31 bits per heavy atom. The molecular formula is C12H23NO3. The molecule has 0 spiro atoms. The van der Waals surface area contributed by atoms with Gasteiger partial charge in [-0.3, -0.25) is 0 Å². The first kappa shape index (κ1) is 13.3. The minimum atomic E-state index is -0.444. The average Bonchev–Trinajstić information content (AvgIpc) is 2.61. The number of rotatable bonds is 3. The van der Waals surface area contributed by atoms with Gasteiger partial charge in [0.1, 0.15) is 5.60 Å². The molecule has 0 aromatic carbocycles. The van der Waals surface area contributed by atoms with Crippen LogP contribution in [0.25, 0.3) is 0 Å². The van der Waals surface area contributed by atoms with Crippen LogP contribution in [0.1, 0.15) is 46.5 Å². The first-order valence-electron chi connectivity index (χ1n) is 5.89. The molecule has 0 atom stereocenters. The third-order valence-electron chi connectivity index (χ3n) is 2.90. The lowest BCUT2D eigenvalue weighted by Crippen LogP contribution is -2.44. The second-order valence-electron chi connectivity index (χ2n) is 5.45. The Morgan fingerprint density at radius 1 is 1.31 bits per heavy atom. The van der Waals surface area contributed by atoms with Gasteiger partial charge in [-0.05, 0) is 33.6 Å². The van der Waals surface area contributed by atoms with Gasteiger partial charge in [-0.1, -0.05) is 12.8 Å². The van der Waals surface area contributed by atoms with Gasteiger partial charge in [0.2, 0.25) is 0 Å². The number of hydrogen-bond donors (Lipinski definition) is 1. The highest BCUT2D eigenvalue weighted by Crippen LogP contribution is 2.31. The largest absolute Gasteiger partial charge is 0.444 e. The van der Waals surface area contributed by atoms with E-state index in [1.54, 1.807) is 7.11 Å². The summed E-state index contributed by atoms with van der Waals surface area (Å²) in [5.74, 6) is 0. The third-order valence-corrected chi connectivity index (χ3v) is 2.90. The van der Waals surface area contributed by atoms with Crippen LogP contribution in [-0.4, -0.2) is 30.9 Å². The first-order valence-corrected chi connectivity index (χ1v) is 5.89. The Kier molecular flexibility index (Phi) is 4.19. The second-order valence-corrected chi connectivity index (χ2v) is 5.45. The molecule has 4 heteroatoms. The van der Waals surface area contributed by atoms with E-state index in [0.29, 0.717) is 6.54 Å². The van der Waals surface area contributed by atoms with Gasteiger partial charge < -0.3 is 14.8 Å². The SMILES string of the molecule is COC1(CNC(=O)OC(C)(C)C)CCCC1. The van der Waals surface area contributed by atoms with Crippen molar-refractivity contribution in [3.8, 4) is 0 Å². The van der Waals surface area contributed by atoms with Gasteiger partial charge in [-0.25, -0.2) is 4.79 Å². The van der Waals surface area contributed by atoms with Crippen LogP contribution in [0, 0.1) is 0 Å². The van der Waals surface area contributed by atoms with Crippen LogP contribution in [0.4, 0.5) is 4.79 Å². The normalized spacial score (nSPS) is 19.5. The maximum atomic E-state index is 11.5. The summed E-state index contributed by atoms with van der Waals surface area (Å²) in [7, 11) is 1.71. The minimum absolute atomic E-state index is 0.170. The Labute approximate surface area is 97.7 Å². The van der Waals surface area contributed by atoms with Crippen molar-refractivity contribution in [2.45, 2.75) is 57.7 Å². The number of nitrogens with one attached hydrogen (secondary N) is 1. The van der Waals surface area contributed by atoms with Crippen LogP contribution in [0.15, 0.2) is 0 Å². The number of carbonyl (C=O) groups excluding carboxylic acids is 1. The van der Waals surface area contributed by atoms with Gasteiger partial charge in [-0.2, -0.15) is 0 Å². The Balaban J connectivity index is 2.35. The van der Waals surface area contributed by atoms with Crippen LogP contribution in [-0.2, 0) is 9.47 Å². The Hall–Kier alpha value is -0.770. The molecule has 1 fully saturated rings. The van der Waals surface area contributed by atoms with E-state index in [2.05, 4.69) is 5.32 Å². The fourth-order valence-corrected chi connectivity index (χ4v) is 2.02. The molecule has 0 aromatic heterocycles. The standard InChI is InChI=1S/C12H23NO3/c1-11(2,3)16-10(14)13-9-12(15-4)7-5-6-8-12/h5-9H2,1-4H3,(H,13,14). The van der Waals surface area contributed by atoms with Crippen LogP contribution in [0.2, 0.25) is 0 Å². The zero-order valence-electron chi connectivity index (χ0n) is 10.8. The van der Waals surface area contributed by atoms with Gasteiger partial charge in [0, 0.05) is 13.7 Å². The van der Waals surface area contributed by atoms with E-state index < -0.39 is 5.60 Å². The van der Waals surface area contributed by atoms with Crippen LogP contribution >= 0.6 is 0 Å². The molecule has 1 saturated carbocycles. The van der Waals surface area contributed by atoms with Crippen molar-refractivity contribution in [1.29, 1.82) is 0 Å². The van der Waals surface area contributed by atoms with Gasteiger partial charge >= 0.3 is 6.09 Å². The van der Waals surface area contributed by atoms with Gasteiger partial charge in [-0.15, -0.1) is 0 Å². The summed E-state index contributed by atoms with van der Waals surface area (Å²) in [6.07, 6.45) is 4.00. The van der Waals surface area contributed by atoms with Crippen LogP contribution in [0.3, 0.4) is 0 Å². The van der Waals surface area contributed by atoms with Crippen molar-refractivity contribution in [2.24, 2.45) is 0 Å². The van der Waals surface area contributed by atoms with E-state index in [0.717, 1.165) is 12.8 Å². The van der Waals surface area contributed by atoms with Gasteiger partial charge in [0.15, 0.2) is 0 Å². The van der Waals surface area contributed by atoms with E-state index in [1.807, 2.05) is 20.8 Å². The minimum Gasteiger partial charge on any atom is -0.444 e. The smallest absolute Gasteiger partial charge is 0.407 e. The number of hydrogen-bond acceptors (Lipinski definition) is 3. The number of methoxy groups -OCH3 is 1. The molecule has 0 saturated heterocycles. The Bertz CT molecular complexity index is 239. The summed E-state index contributed by atoms with van der Waals surface area (Å²) >= 11 is 0. The number of amides is 1. The fraction of sp³-hybridized carbons (Fsp3) is 0.917. The molecular weight excluding hydrogens is 206 g/mol. The highest BCUT2D eigenvalue weighted by Gasteiger charge is 2.34. The van der Waals surface area contributed by atoms with E-state index in [9.17, 15) is 4.79 Å². The maximum absolute atomic E-state index is 11.5. The Morgan fingerprint density at radius 2 is 1.88 bits per heavy atom. The molecule has 0 unspecified atom stereocenters. The molecule has 0 heterocycles. The monoisotopic (exact) mass is 229 g/mol. The average molecular weight is 229 g/mol. The molecule has 4 nitrogen and oxygen atoms in total. The summed E-state index contributed by atoms with van der Waals surface area (Å²) in [5, 5.41) is 2.79. The van der Waals surface area contributed by atoms with Crippen molar-refractivity contribution in [3.63, 3.8) is 0 Å². The lowest BCUT2D eigenvalue weighted by Gasteiger charge is -2.28. The van der Waals surface area contributed by atoms with Crippen molar-refractivity contribution in [1.82, 2.24) is 5.32 Å². The molecule has 0 radical (unpaired) electrons. The van der Waals surface area contributed by atoms with E-state index in [-0.39, 0.29) is 11.7 Å². The second kappa shape index (κ2) is 5.04. The summed E-state index contributed by atoms with van der Waals surface area (Å²) in [6.45, 7) is 6.11. The molecule has 0 bridgehead atoms. The summed E-state index contributed by atoms with van der Waals surface area (Å²) in [4.78, 5) is 11.5. The van der Waals surface area contributed by atoms with Crippen molar-refractivity contribution in [3.05, 3.63) is 0 Å². The van der Waals surface area contributed by atoms with Gasteiger partial charge in [0.05, 0.1) is 5.60 Å². The topological polar surface area (TPSA) is 47.6 Å². The molecule has 16 heavy (non-hydrogen) atoms. The van der Waals surface area contributed by atoms with E-state index >= 15 is 0 Å². The summed E-state index contributed by atoms with van der Waals surface area (Å²) in [6, 6.07) is 0. The first-order chi connectivity index (χ1) is 7.37. The number of ether oxygens (including phenoxy) is 2. The molecule has 0 aromatic rings. The highest BCUT2D eigenvalue weighted by atomic mass is 16.6. The van der Waals surface area contributed by atoms with Gasteiger partial charge in [0.25, 0.3) is 0 Å². The lowest BCUT2D eigenvalue weighted by atomic mass is 10.0. The molecule has 1 amide bonds. The van der Waals surface area contributed by atoms with Crippen LogP contribution in [0.5, 0.6) is 0 Å². The maximum Gasteiger partial charge on any atom is 0.407 e. The number of alkyl carbamates (subject to hydrolysis) is 1. The third kappa shape index (κ3) is 4.00. The molecule has 1 N–H and O–H groups in total. The number of carbonyl (C=O) groups is 1. The van der Waals surface area contributed by atoms with E-state index in [4.69, 9.17) is 9.47 Å². The predicted molar refractivity (Wildman–Crippen MR) is 62.4 cm³/mol. The zero-order chi connectivity index (χ0) is 12.2. The van der Waals surface area contributed by atoms with Crippen molar-refractivity contribution >= 4 is 6.09 Å². The summed E-state index contributed by atoms with van der Waals surface area (Å²) < 4.78 is 10.7. The molecule has 1 aliphatic rings. The van der Waals surface area contributed by atoms with Crippen LogP contribution < -0.4 is 5.32 Å². The highest BCUT2D eigenvalue weighted by molar-refractivity contribution is 5.67.